The minimum atomic E-state index is 0.285. The Kier molecular flexibility index (Phi) is 5.94. The van der Waals surface area contributed by atoms with Crippen molar-refractivity contribution >= 4 is 0 Å². The summed E-state index contributed by atoms with van der Waals surface area (Å²) >= 11 is 0. The number of hydrogen-bond donors (Lipinski definition) is 1. The summed E-state index contributed by atoms with van der Waals surface area (Å²) in [4.78, 5) is 0. The molecule has 0 saturated carbocycles. The maximum Gasteiger partial charge on any atom is 0.0795 e. The summed E-state index contributed by atoms with van der Waals surface area (Å²) in [6.45, 7) is 4.25. The summed E-state index contributed by atoms with van der Waals surface area (Å²) in [5.41, 5.74) is 1.26. The Labute approximate surface area is 69.6 Å². The zero-order valence-corrected chi connectivity index (χ0v) is 7.98. The maximum absolute atomic E-state index is 5.30. The lowest BCUT2D eigenvalue weighted by atomic mass is 10.1. The van der Waals surface area contributed by atoms with E-state index >= 15 is 0 Å². The van der Waals surface area contributed by atoms with E-state index in [4.69, 9.17) is 4.74 Å². The van der Waals surface area contributed by atoms with Crippen LogP contribution in [0.4, 0.5) is 0 Å². The molecule has 66 valence electrons. The van der Waals surface area contributed by atoms with E-state index in [-0.39, 0.29) is 6.10 Å². The van der Waals surface area contributed by atoms with Crippen LogP contribution in [0.25, 0.3) is 0 Å². The fraction of sp³-hybridized carbons (Fsp3) is 0.778. The largest absolute Gasteiger partial charge is 0.394 e. The third kappa shape index (κ3) is 4.04. The number of hydrogen-bond acceptors (Lipinski definition) is 2. The van der Waals surface area contributed by atoms with Gasteiger partial charge in [-0.2, -0.15) is 0 Å². The molecule has 0 fully saturated rings. The second kappa shape index (κ2) is 6.23. The first-order valence-corrected chi connectivity index (χ1v) is 4.13. The number of methoxy groups -OCH3 is 1. The average molecular weight is 157 g/mol. The summed E-state index contributed by atoms with van der Waals surface area (Å²) in [5, 5.41) is 3.00. The van der Waals surface area contributed by atoms with Crippen LogP contribution in [-0.2, 0) is 4.74 Å². The Morgan fingerprint density at radius 2 is 2.27 bits per heavy atom. The summed E-state index contributed by atoms with van der Waals surface area (Å²) in [5.74, 6) is 0. The van der Waals surface area contributed by atoms with Gasteiger partial charge >= 0.3 is 0 Å². The molecule has 0 aliphatic carbocycles. The predicted molar refractivity (Wildman–Crippen MR) is 48.5 cm³/mol. The lowest BCUT2D eigenvalue weighted by Crippen LogP contribution is -2.13. The molecule has 2 nitrogen and oxygen atoms in total. The Hall–Kier alpha value is -0.500. The van der Waals surface area contributed by atoms with Gasteiger partial charge in [0.05, 0.1) is 6.10 Å². The zero-order valence-electron chi connectivity index (χ0n) is 7.98. The van der Waals surface area contributed by atoms with E-state index in [0.717, 1.165) is 12.8 Å². The van der Waals surface area contributed by atoms with Gasteiger partial charge in [0.25, 0.3) is 0 Å². The molecule has 0 aromatic heterocycles. The van der Waals surface area contributed by atoms with Crippen LogP contribution < -0.4 is 5.32 Å². The zero-order chi connectivity index (χ0) is 8.69. The van der Waals surface area contributed by atoms with E-state index in [0.29, 0.717) is 0 Å². The molecule has 0 aromatic rings. The van der Waals surface area contributed by atoms with Crippen molar-refractivity contribution in [1.82, 2.24) is 5.32 Å². The molecule has 0 aromatic carbocycles. The molecule has 11 heavy (non-hydrogen) atoms. The van der Waals surface area contributed by atoms with Crippen LogP contribution in [0.15, 0.2) is 11.8 Å². The van der Waals surface area contributed by atoms with E-state index in [9.17, 15) is 0 Å². The highest BCUT2D eigenvalue weighted by atomic mass is 16.5. The van der Waals surface area contributed by atoms with Gasteiger partial charge in [-0.1, -0.05) is 13.3 Å². The minimum Gasteiger partial charge on any atom is -0.394 e. The molecule has 1 N–H and O–H groups in total. The normalized spacial score (nSPS) is 14.7. The first-order valence-electron chi connectivity index (χ1n) is 4.13. The molecular weight excluding hydrogens is 138 g/mol. The highest BCUT2D eigenvalue weighted by molar-refractivity contribution is 5.03. The summed E-state index contributed by atoms with van der Waals surface area (Å²) in [6.07, 6.45) is 4.53. The number of ether oxygens (including phenoxy) is 1. The Morgan fingerprint density at radius 1 is 1.64 bits per heavy atom. The first-order chi connectivity index (χ1) is 5.26. The molecule has 1 atom stereocenters. The van der Waals surface area contributed by atoms with Gasteiger partial charge in [0.15, 0.2) is 0 Å². The van der Waals surface area contributed by atoms with E-state index < -0.39 is 0 Å². The smallest absolute Gasteiger partial charge is 0.0795 e. The van der Waals surface area contributed by atoms with Crippen molar-refractivity contribution in [2.24, 2.45) is 0 Å². The van der Waals surface area contributed by atoms with Gasteiger partial charge in [-0.15, -0.1) is 0 Å². The lowest BCUT2D eigenvalue weighted by Gasteiger charge is -2.14. The molecule has 0 rings (SSSR count). The Morgan fingerprint density at radius 3 is 2.64 bits per heavy atom. The molecule has 0 saturated heterocycles. The maximum atomic E-state index is 5.30. The molecule has 0 radical (unpaired) electrons. The first kappa shape index (κ1) is 10.5. The molecule has 2 heteroatoms. The van der Waals surface area contributed by atoms with Gasteiger partial charge in [0.2, 0.25) is 0 Å². The van der Waals surface area contributed by atoms with E-state index in [1.807, 2.05) is 13.2 Å². The van der Waals surface area contributed by atoms with Crippen LogP contribution in [0.5, 0.6) is 0 Å². The van der Waals surface area contributed by atoms with Crippen molar-refractivity contribution in [3.05, 3.63) is 11.8 Å². The Bertz CT molecular complexity index is 121. The van der Waals surface area contributed by atoms with Crippen LogP contribution in [-0.4, -0.2) is 20.3 Å². The molecular formula is C9H19NO. The fourth-order valence-electron chi connectivity index (χ4n) is 1.11. The Balaban J connectivity index is 3.90. The highest BCUT2D eigenvalue weighted by Crippen LogP contribution is 2.10. The van der Waals surface area contributed by atoms with Crippen molar-refractivity contribution in [3.8, 4) is 0 Å². The fourth-order valence-corrected chi connectivity index (χ4v) is 1.11. The van der Waals surface area contributed by atoms with E-state index in [1.54, 1.807) is 7.11 Å². The highest BCUT2D eigenvalue weighted by Gasteiger charge is 2.06. The molecule has 1 unspecified atom stereocenters. The third-order valence-electron chi connectivity index (χ3n) is 1.72. The van der Waals surface area contributed by atoms with Crippen LogP contribution >= 0.6 is 0 Å². The summed E-state index contributed by atoms with van der Waals surface area (Å²) in [7, 11) is 3.66. The monoisotopic (exact) mass is 157 g/mol. The standard InChI is InChI=1S/C9H19NO/c1-5-6-9(11-4)8(2)7-10-3/h7,9-10H,5-6H2,1-4H3/b8-7+. The van der Waals surface area contributed by atoms with Crippen LogP contribution in [0, 0.1) is 0 Å². The summed E-state index contributed by atoms with van der Waals surface area (Å²) in [6, 6.07) is 0. The van der Waals surface area contributed by atoms with E-state index in [2.05, 4.69) is 19.2 Å². The van der Waals surface area contributed by atoms with Crippen LogP contribution in [0.3, 0.4) is 0 Å². The summed E-state index contributed by atoms with van der Waals surface area (Å²) < 4.78 is 5.30. The van der Waals surface area contributed by atoms with Gasteiger partial charge in [-0.25, -0.2) is 0 Å². The third-order valence-corrected chi connectivity index (χ3v) is 1.72. The molecule has 0 spiro atoms. The van der Waals surface area contributed by atoms with Crippen molar-refractivity contribution in [2.45, 2.75) is 32.8 Å². The second-order valence-corrected chi connectivity index (χ2v) is 2.69. The predicted octanol–water partition coefficient (Wildman–Crippen LogP) is 1.92. The van der Waals surface area contributed by atoms with Crippen molar-refractivity contribution in [2.75, 3.05) is 14.2 Å². The molecule has 0 aliphatic rings. The van der Waals surface area contributed by atoms with Crippen LogP contribution in [0.2, 0.25) is 0 Å². The molecule has 0 bridgehead atoms. The number of rotatable bonds is 5. The second-order valence-electron chi connectivity index (χ2n) is 2.69. The van der Waals surface area contributed by atoms with Gasteiger partial charge in [-0.3, -0.25) is 0 Å². The van der Waals surface area contributed by atoms with Gasteiger partial charge in [0, 0.05) is 14.2 Å². The number of nitrogens with one attached hydrogen (secondary N) is 1. The SMILES string of the molecule is CCCC(OC)/C(C)=C/NC. The van der Waals surface area contributed by atoms with Crippen molar-refractivity contribution in [3.63, 3.8) is 0 Å². The molecule has 0 aliphatic heterocycles. The van der Waals surface area contributed by atoms with Crippen LogP contribution in [0.1, 0.15) is 26.7 Å². The lowest BCUT2D eigenvalue weighted by molar-refractivity contribution is 0.123. The van der Waals surface area contributed by atoms with Gasteiger partial charge in [0.1, 0.15) is 0 Å². The molecule has 0 amide bonds. The topological polar surface area (TPSA) is 21.3 Å². The quantitative estimate of drug-likeness (QED) is 0.658. The minimum absolute atomic E-state index is 0.285. The van der Waals surface area contributed by atoms with Crippen molar-refractivity contribution in [1.29, 1.82) is 0 Å². The van der Waals surface area contributed by atoms with Gasteiger partial charge < -0.3 is 10.1 Å². The average Bonchev–Trinajstić information content (AvgIpc) is 2.00. The van der Waals surface area contributed by atoms with Crippen molar-refractivity contribution < 1.29 is 4.74 Å². The van der Waals surface area contributed by atoms with Gasteiger partial charge in [-0.05, 0) is 25.1 Å². The van der Waals surface area contributed by atoms with E-state index in [1.165, 1.54) is 5.57 Å². The molecule has 0 heterocycles.